The van der Waals surface area contributed by atoms with Crippen LogP contribution >= 0.6 is 15.9 Å². The predicted molar refractivity (Wildman–Crippen MR) is 70.9 cm³/mol. The zero-order valence-corrected chi connectivity index (χ0v) is 12.0. The SMILES string of the molecule is COc1cc2c(cc1OCCBr)COC(C)C2=O. The predicted octanol–water partition coefficient (Wildman–Crippen LogP) is 2.57. The smallest absolute Gasteiger partial charge is 0.191 e. The summed E-state index contributed by atoms with van der Waals surface area (Å²) in [5.74, 6) is 1.21. The Morgan fingerprint density at radius 2 is 2.22 bits per heavy atom. The summed E-state index contributed by atoms with van der Waals surface area (Å²) < 4.78 is 16.2. The van der Waals surface area contributed by atoms with Crippen molar-refractivity contribution in [2.75, 3.05) is 19.0 Å². The van der Waals surface area contributed by atoms with Crippen LogP contribution in [0.25, 0.3) is 0 Å². The monoisotopic (exact) mass is 314 g/mol. The normalized spacial score (nSPS) is 18.4. The van der Waals surface area contributed by atoms with Gasteiger partial charge in [-0.25, -0.2) is 0 Å². The molecule has 1 aromatic carbocycles. The minimum atomic E-state index is -0.392. The quantitative estimate of drug-likeness (QED) is 0.801. The second kappa shape index (κ2) is 5.71. The number of carbonyl (C=O) groups is 1. The lowest BCUT2D eigenvalue weighted by Gasteiger charge is -2.22. The number of ether oxygens (including phenoxy) is 3. The van der Waals surface area contributed by atoms with Crippen molar-refractivity contribution in [1.82, 2.24) is 0 Å². The van der Waals surface area contributed by atoms with Crippen molar-refractivity contribution >= 4 is 21.7 Å². The van der Waals surface area contributed by atoms with Crippen LogP contribution in [-0.4, -0.2) is 30.9 Å². The van der Waals surface area contributed by atoms with E-state index in [0.717, 1.165) is 10.9 Å². The molecule has 1 heterocycles. The van der Waals surface area contributed by atoms with Crippen LogP contribution in [-0.2, 0) is 11.3 Å². The minimum Gasteiger partial charge on any atom is -0.493 e. The Balaban J connectivity index is 2.38. The van der Waals surface area contributed by atoms with Gasteiger partial charge in [0.1, 0.15) is 6.10 Å². The second-order valence-corrected chi connectivity index (χ2v) is 4.81. The van der Waals surface area contributed by atoms with Crippen LogP contribution in [0.15, 0.2) is 12.1 Å². The lowest BCUT2D eigenvalue weighted by Crippen LogP contribution is -2.27. The van der Waals surface area contributed by atoms with Crippen molar-refractivity contribution in [3.8, 4) is 11.5 Å². The summed E-state index contributed by atoms with van der Waals surface area (Å²) in [4.78, 5) is 12.0. The van der Waals surface area contributed by atoms with Gasteiger partial charge in [-0.2, -0.15) is 0 Å². The van der Waals surface area contributed by atoms with Crippen LogP contribution in [0.3, 0.4) is 0 Å². The fraction of sp³-hybridized carbons (Fsp3) is 0.462. The van der Waals surface area contributed by atoms with Gasteiger partial charge in [0, 0.05) is 10.9 Å². The molecule has 0 aromatic heterocycles. The van der Waals surface area contributed by atoms with Gasteiger partial charge in [-0.1, -0.05) is 15.9 Å². The third kappa shape index (κ3) is 2.52. The van der Waals surface area contributed by atoms with Crippen molar-refractivity contribution in [2.45, 2.75) is 19.6 Å². The molecule has 1 unspecified atom stereocenters. The first-order valence-corrected chi connectivity index (χ1v) is 6.85. The molecular formula is C13H15BrO4. The standard InChI is InChI=1S/C13H15BrO4/c1-8-13(15)10-6-11(16-2)12(17-4-3-14)5-9(10)7-18-8/h5-6,8H,3-4,7H2,1-2H3. The largest absolute Gasteiger partial charge is 0.493 e. The molecular weight excluding hydrogens is 300 g/mol. The van der Waals surface area contributed by atoms with Gasteiger partial charge in [0.2, 0.25) is 0 Å². The van der Waals surface area contributed by atoms with Crippen molar-refractivity contribution < 1.29 is 19.0 Å². The average molecular weight is 315 g/mol. The van der Waals surface area contributed by atoms with Crippen LogP contribution < -0.4 is 9.47 Å². The van der Waals surface area contributed by atoms with Crippen molar-refractivity contribution in [2.24, 2.45) is 0 Å². The summed E-state index contributed by atoms with van der Waals surface area (Å²) >= 11 is 3.30. The number of hydrogen-bond acceptors (Lipinski definition) is 4. The molecule has 1 aliphatic rings. The van der Waals surface area contributed by atoms with Gasteiger partial charge in [0.25, 0.3) is 0 Å². The number of rotatable bonds is 4. The molecule has 18 heavy (non-hydrogen) atoms. The van der Waals surface area contributed by atoms with Crippen molar-refractivity contribution in [1.29, 1.82) is 0 Å². The highest BCUT2D eigenvalue weighted by molar-refractivity contribution is 9.09. The molecule has 0 N–H and O–H groups in total. The van der Waals surface area contributed by atoms with E-state index >= 15 is 0 Å². The fourth-order valence-electron chi connectivity index (χ4n) is 1.88. The molecule has 1 aliphatic heterocycles. The zero-order chi connectivity index (χ0) is 13.1. The van der Waals surface area contributed by atoms with Gasteiger partial charge in [0.15, 0.2) is 17.3 Å². The maximum Gasteiger partial charge on any atom is 0.191 e. The summed E-state index contributed by atoms with van der Waals surface area (Å²) in [7, 11) is 1.57. The average Bonchev–Trinajstić information content (AvgIpc) is 2.40. The molecule has 4 nitrogen and oxygen atoms in total. The molecule has 98 valence electrons. The topological polar surface area (TPSA) is 44.8 Å². The third-order valence-electron chi connectivity index (χ3n) is 2.85. The molecule has 0 saturated carbocycles. The Morgan fingerprint density at radius 1 is 1.44 bits per heavy atom. The van der Waals surface area contributed by atoms with E-state index in [9.17, 15) is 4.79 Å². The Kier molecular flexibility index (Phi) is 4.24. The minimum absolute atomic E-state index is 0.0124. The van der Waals surface area contributed by atoms with Crippen LogP contribution in [0.5, 0.6) is 11.5 Å². The van der Waals surface area contributed by atoms with E-state index in [4.69, 9.17) is 14.2 Å². The number of carbonyl (C=O) groups excluding carboxylic acids is 1. The molecule has 0 spiro atoms. The number of methoxy groups -OCH3 is 1. The summed E-state index contributed by atoms with van der Waals surface area (Å²) in [6.07, 6.45) is -0.392. The maximum absolute atomic E-state index is 12.0. The van der Waals surface area contributed by atoms with E-state index in [1.165, 1.54) is 0 Å². The Morgan fingerprint density at radius 3 is 2.89 bits per heavy atom. The molecule has 1 aromatic rings. The highest BCUT2D eigenvalue weighted by atomic mass is 79.9. The van der Waals surface area contributed by atoms with E-state index in [2.05, 4.69) is 15.9 Å². The number of benzene rings is 1. The third-order valence-corrected chi connectivity index (χ3v) is 3.17. The van der Waals surface area contributed by atoms with Crippen LogP contribution in [0, 0.1) is 0 Å². The summed E-state index contributed by atoms with van der Waals surface area (Å²) in [5, 5.41) is 0.736. The lowest BCUT2D eigenvalue weighted by molar-refractivity contribution is 0.0335. The molecule has 0 fully saturated rings. The molecule has 0 amide bonds. The Labute approximate surface area is 114 Å². The number of alkyl halides is 1. The first-order chi connectivity index (χ1) is 8.67. The lowest BCUT2D eigenvalue weighted by atomic mass is 9.97. The number of ketones is 1. The first-order valence-electron chi connectivity index (χ1n) is 5.73. The van der Waals surface area contributed by atoms with Gasteiger partial charge < -0.3 is 14.2 Å². The van der Waals surface area contributed by atoms with Gasteiger partial charge >= 0.3 is 0 Å². The van der Waals surface area contributed by atoms with E-state index < -0.39 is 6.10 Å². The summed E-state index contributed by atoms with van der Waals surface area (Å²) in [5.41, 5.74) is 1.51. The molecule has 1 atom stereocenters. The molecule has 0 bridgehead atoms. The van der Waals surface area contributed by atoms with Crippen LogP contribution in [0.2, 0.25) is 0 Å². The van der Waals surface area contributed by atoms with E-state index in [0.29, 0.717) is 30.3 Å². The highest BCUT2D eigenvalue weighted by Crippen LogP contribution is 2.34. The molecule has 0 saturated heterocycles. The Hall–Kier alpha value is -1.07. The van der Waals surface area contributed by atoms with E-state index in [1.807, 2.05) is 6.07 Å². The number of Topliss-reactive ketones (excluding diaryl/α,β-unsaturated/α-hetero) is 1. The summed E-state index contributed by atoms with van der Waals surface area (Å²) in [6, 6.07) is 3.56. The first kappa shape index (κ1) is 13.4. The van der Waals surface area contributed by atoms with Gasteiger partial charge in [-0.05, 0) is 24.6 Å². The van der Waals surface area contributed by atoms with Crippen molar-refractivity contribution in [3.05, 3.63) is 23.3 Å². The van der Waals surface area contributed by atoms with Gasteiger partial charge in [0.05, 0.1) is 20.3 Å². The van der Waals surface area contributed by atoms with Crippen molar-refractivity contribution in [3.63, 3.8) is 0 Å². The van der Waals surface area contributed by atoms with Gasteiger partial charge in [-0.3, -0.25) is 4.79 Å². The van der Waals surface area contributed by atoms with E-state index in [1.54, 1.807) is 20.1 Å². The maximum atomic E-state index is 12.0. The number of hydrogen-bond donors (Lipinski definition) is 0. The molecule has 0 radical (unpaired) electrons. The fourth-order valence-corrected chi connectivity index (χ4v) is 2.04. The molecule has 5 heteroatoms. The van der Waals surface area contributed by atoms with E-state index in [-0.39, 0.29) is 5.78 Å². The van der Waals surface area contributed by atoms with Crippen LogP contribution in [0.4, 0.5) is 0 Å². The summed E-state index contributed by atoms with van der Waals surface area (Å²) in [6.45, 7) is 2.73. The zero-order valence-electron chi connectivity index (χ0n) is 10.4. The molecule has 0 aliphatic carbocycles. The highest BCUT2D eigenvalue weighted by Gasteiger charge is 2.26. The number of halogens is 1. The number of fused-ring (bicyclic) bond motifs is 1. The molecule has 2 rings (SSSR count). The second-order valence-electron chi connectivity index (χ2n) is 4.02. The Bertz CT molecular complexity index is 459. The van der Waals surface area contributed by atoms with Crippen LogP contribution in [0.1, 0.15) is 22.8 Å². The van der Waals surface area contributed by atoms with Gasteiger partial charge in [-0.15, -0.1) is 0 Å².